The molecule has 4 nitrogen and oxygen atoms in total. The molecule has 0 saturated heterocycles. The Morgan fingerprint density at radius 2 is 1.76 bits per heavy atom. The van der Waals surface area contributed by atoms with Crippen molar-refractivity contribution in [3.63, 3.8) is 0 Å². The van der Waals surface area contributed by atoms with E-state index in [1.165, 1.54) is 40.2 Å². The monoisotopic (exact) mass is 302 g/mol. The molecule has 0 amide bonds. The summed E-state index contributed by atoms with van der Waals surface area (Å²) in [6, 6.07) is 2.47. The van der Waals surface area contributed by atoms with Crippen LogP contribution in [0, 0.1) is 5.41 Å². The molecule has 0 aromatic heterocycles. The number of alkyl halides is 2. The van der Waals surface area contributed by atoms with Crippen LogP contribution in [0.1, 0.15) is 31.9 Å². The molecule has 21 heavy (non-hydrogen) atoms. The largest absolute Gasteiger partial charge is 0.493 e. The summed E-state index contributed by atoms with van der Waals surface area (Å²) >= 11 is 0. The van der Waals surface area contributed by atoms with E-state index >= 15 is 0 Å². The molecular weight excluding hydrogens is 282 g/mol. The number of rotatable bonds is 6. The summed E-state index contributed by atoms with van der Waals surface area (Å²) in [7, 11) is 2.74. The van der Waals surface area contributed by atoms with Crippen LogP contribution in [-0.4, -0.2) is 25.3 Å². The van der Waals surface area contributed by atoms with E-state index in [9.17, 15) is 18.7 Å². The number of methoxy groups -OCH3 is 2. The van der Waals surface area contributed by atoms with Gasteiger partial charge in [-0.15, -0.1) is 0 Å². The van der Waals surface area contributed by atoms with E-state index in [4.69, 9.17) is 9.47 Å². The predicted molar refractivity (Wildman–Crippen MR) is 74.2 cm³/mol. The van der Waals surface area contributed by atoms with Gasteiger partial charge >= 0.3 is 5.97 Å². The number of aliphatic carboxylic acids is 1. The SMILES string of the molecule is COc1cc(C(C)(F)F)cc(CC(C)(C)C(=O)O)c1OC. The van der Waals surface area contributed by atoms with E-state index in [2.05, 4.69) is 0 Å². The maximum atomic E-state index is 13.6. The van der Waals surface area contributed by atoms with Crippen LogP contribution in [0.4, 0.5) is 8.78 Å². The van der Waals surface area contributed by atoms with Gasteiger partial charge in [-0.3, -0.25) is 4.79 Å². The molecule has 0 aliphatic carbocycles. The lowest BCUT2D eigenvalue weighted by Gasteiger charge is -2.23. The minimum atomic E-state index is -3.05. The first kappa shape index (κ1) is 17.2. The molecule has 0 saturated carbocycles. The average Bonchev–Trinajstić information content (AvgIpc) is 2.35. The van der Waals surface area contributed by atoms with Gasteiger partial charge in [0.2, 0.25) is 0 Å². The fourth-order valence-corrected chi connectivity index (χ4v) is 1.98. The zero-order valence-electron chi connectivity index (χ0n) is 12.8. The van der Waals surface area contributed by atoms with Gasteiger partial charge in [0.15, 0.2) is 11.5 Å². The highest BCUT2D eigenvalue weighted by molar-refractivity contribution is 5.74. The van der Waals surface area contributed by atoms with E-state index in [-0.39, 0.29) is 23.5 Å². The number of ether oxygens (including phenoxy) is 2. The van der Waals surface area contributed by atoms with Crippen LogP contribution in [0.5, 0.6) is 11.5 Å². The van der Waals surface area contributed by atoms with Crippen molar-refractivity contribution >= 4 is 5.97 Å². The lowest BCUT2D eigenvalue weighted by molar-refractivity contribution is -0.146. The standard InChI is InChI=1S/C15H20F2O4/c1-14(2,13(18)19)8-9-6-10(15(3,16)17)7-11(20-4)12(9)21-5/h6-7H,8H2,1-5H3,(H,18,19). The second kappa shape index (κ2) is 5.87. The molecule has 0 unspecified atom stereocenters. The third-order valence-electron chi connectivity index (χ3n) is 3.27. The molecule has 6 heteroatoms. The van der Waals surface area contributed by atoms with Gasteiger partial charge in [-0.2, -0.15) is 0 Å². The van der Waals surface area contributed by atoms with Gasteiger partial charge < -0.3 is 14.6 Å². The Kier molecular flexibility index (Phi) is 4.81. The second-order valence-electron chi connectivity index (χ2n) is 5.63. The molecule has 1 N–H and O–H groups in total. The Hall–Kier alpha value is -1.85. The van der Waals surface area contributed by atoms with Gasteiger partial charge in [0.05, 0.1) is 19.6 Å². The highest BCUT2D eigenvalue weighted by Gasteiger charge is 2.32. The summed E-state index contributed by atoms with van der Waals surface area (Å²) in [6.45, 7) is 3.83. The molecule has 1 rings (SSSR count). The fourth-order valence-electron chi connectivity index (χ4n) is 1.98. The Morgan fingerprint density at radius 1 is 1.19 bits per heavy atom. The number of carboxylic acids is 1. The topological polar surface area (TPSA) is 55.8 Å². The minimum absolute atomic E-state index is 0.0474. The molecule has 0 atom stereocenters. The minimum Gasteiger partial charge on any atom is -0.493 e. The summed E-state index contributed by atoms with van der Waals surface area (Å²) < 4.78 is 37.4. The van der Waals surface area contributed by atoms with Crippen molar-refractivity contribution in [3.05, 3.63) is 23.3 Å². The summed E-state index contributed by atoms with van der Waals surface area (Å²) in [6.07, 6.45) is 0.0474. The summed E-state index contributed by atoms with van der Waals surface area (Å²) in [5, 5.41) is 9.20. The zero-order chi connectivity index (χ0) is 16.4. The first-order valence-electron chi connectivity index (χ1n) is 6.39. The van der Waals surface area contributed by atoms with Crippen molar-refractivity contribution in [3.8, 4) is 11.5 Å². The van der Waals surface area contributed by atoms with Crippen molar-refractivity contribution in [2.45, 2.75) is 33.1 Å². The Labute approximate surface area is 122 Å². The fraction of sp³-hybridized carbons (Fsp3) is 0.533. The maximum absolute atomic E-state index is 13.6. The van der Waals surface area contributed by atoms with Gasteiger partial charge in [0, 0.05) is 12.5 Å². The van der Waals surface area contributed by atoms with Gasteiger partial charge in [-0.1, -0.05) is 0 Å². The maximum Gasteiger partial charge on any atom is 0.309 e. The van der Waals surface area contributed by atoms with Crippen molar-refractivity contribution in [2.24, 2.45) is 5.41 Å². The number of carboxylic acid groups (broad SMARTS) is 1. The van der Waals surface area contributed by atoms with E-state index < -0.39 is 17.3 Å². The van der Waals surface area contributed by atoms with Gasteiger partial charge in [0.1, 0.15) is 0 Å². The average molecular weight is 302 g/mol. The van der Waals surface area contributed by atoms with Crippen LogP contribution < -0.4 is 9.47 Å². The lowest BCUT2D eigenvalue weighted by atomic mass is 9.84. The molecule has 0 aliphatic heterocycles. The lowest BCUT2D eigenvalue weighted by Crippen LogP contribution is -2.26. The first-order valence-corrected chi connectivity index (χ1v) is 6.39. The molecule has 0 spiro atoms. The molecule has 0 aliphatic rings. The van der Waals surface area contributed by atoms with Crippen molar-refractivity contribution in [1.29, 1.82) is 0 Å². The van der Waals surface area contributed by atoms with Crippen LogP contribution in [0.25, 0.3) is 0 Å². The molecule has 0 radical (unpaired) electrons. The zero-order valence-corrected chi connectivity index (χ0v) is 12.8. The van der Waals surface area contributed by atoms with Crippen LogP contribution in [0.3, 0.4) is 0 Å². The van der Waals surface area contributed by atoms with Gasteiger partial charge in [-0.05, 0) is 38.0 Å². The first-order chi connectivity index (χ1) is 9.52. The Balaban J connectivity index is 3.44. The number of hydrogen-bond acceptors (Lipinski definition) is 3. The summed E-state index contributed by atoms with van der Waals surface area (Å²) in [5.41, 5.74) is -0.975. The van der Waals surface area contributed by atoms with Gasteiger partial charge in [-0.25, -0.2) is 8.78 Å². The third-order valence-corrected chi connectivity index (χ3v) is 3.27. The third kappa shape index (κ3) is 3.83. The Morgan fingerprint density at radius 3 is 2.14 bits per heavy atom. The number of carbonyl (C=O) groups is 1. The highest BCUT2D eigenvalue weighted by atomic mass is 19.3. The van der Waals surface area contributed by atoms with Crippen molar-refractivity contribution < 1.29 is 28.2 Å². The summed E-state index contributed by atoms with van der Waals surface area (Å²) in [4.78, 5) is 11.2. The van der Waals surface area contributed by atoms with E-state index in [0.717, 1.165) is 6.92 Å². The number of hydrogen-bond donors (Lipinski definition) is 1. The van der Waals surface area contributed by atoms with Crippen molar-refractivity contribution in [2.75, 3.05) is 14.2 Å². The molecule has 0 fully saturated rings. The van der Waals surface area contributed by atoms with E-state index in [0.29, 0.717) is 5.56 Å². The van der Waals surface area contributed by atoms with E-state index in [1.807, 2.05) is 0 Å². The van der Waals surface area contributed by atoms with Crippen LogP contribution in [0.15, 0.2) is 12.1 Å². The molecule has 0 bridgehead atoms. The van der Waals surface area contributed by atoms with Crippen LogP contribution in [0.2, 0.25) is 0 Å². The number of halogens is 2. The molecular formula is C15H20F2O4. The molecule has 1 aromatic rings. The Bertz CT molecular complexity index is 533. The van der Waals surface area contributed by atoms with Crippen molar-refractivity contribution in [1.82, 2.24) is 0 Å². The van der Waals surface area contributed by atoms with Gasteiger partial charge in [0.25, 0.3) is 5.92 Å². The highest BCUT2D eigenvalue weighted by Crippen LogP contribution is 2.40. The molecule has 1 aromatic carbocycles. The smallest absolute Gasteiger partial charge is 0.309 e. The normalized spacial score (nSPS) is 12.1. The second-order valence-corrected chi connectivity index (χ2v) is 5.63. The predicted octanol–water partition coefficient (Wildman–Crippen LogP) is 3.47. The molecule has 118 valence electrons. The quantitative estimate of drug-likeness (QED) is 0.874. The molecule has 0 heterocycles. The summed E-state index contributed by atoms with van der Waals surface area (Å²) in [5.74, 6) is -3.63. The number of benzene rings is 1. The van der Waals surface area contributed by atoms with Crippen LogP contribution >= 0.6 is 0 Å². The van der Waals surface area contributed by atoms with E-state index in [1.54, 1.807) is 0 Å². The van der Waals surface area contributed by atoms with Crippen LogP contribution in [-0.2, 0) is 17.1 Å².